The van der Waals surface area contributed by atoms with Crippen LogP contribution in [-0.4, -0.2) is 4.98 Å². The Morgan fingerprint density at radius 2 is 1.81 bits per heavy atom. The van der Waals surface area contributed by atoms with Gasteiger partial charge in [0.15, 0.2) is 0 Å². The number of rotatable bonds is 2. The Morgan fingerprint density at radius 1 is 1.25 bits per heavy atom. The monoisotopic (exact) mass is 282 g/mol. The minimum atomic E-state index is -0.293. The zero-order chi connectivity index (χ0) is 12.5. The first-order valence-electron chi connectivity index (χ1n) is 5.25. The SMILES string of the molecule is CC(C)c1[nH]c(=O)c(C#N)c(C(C)C)c1Br. The summed E-state index contributed by atoms with van der Waals surface area (Å²) in [4.78, 5) is 14.5. The van der Waals surface area contributed by atoms with E-state index < -0.39 is 0 Å². The van der Waals surface area contributed by atoms with Crippen LogP contribution in [0.5, 0.6) is 0 Å². The summed E-state index contributed by atoms with van der Waals surface area (Å²) in [6.45, 7) is 7.97. The molecule has 0 spiro atoms. The van der Waals surface area contributed by atoms with Gasteiger partial charge in [-0.15, -0.1) is 0 Å². The predicted molar refractivity (Wildman–Crippen MR) is 67.7 cm³/mol. The van der Waals surface area contributed by atoms with Gasteiger partial charge in [0, 0.05) is 10.2 Å². The molecule has 0 saturated carbocycles. The fraction of sp³-hybridized carbons (Fsp3) is 0.500. The number of H-pyrrole nitrogens is 1. The molecule has 1 heterocycles. The first-order chi connectivity index (χ1) is 7.40. The van der Waals surface area contributed by atoms with Crippen LogP contribution in [0.4, 0.5) is 0 Å². The minimum Gasteiger partial charge on any atom is -0.324 e. The van der Waals surface area contributed by atoms with Gasteiger partial charge in [0.25, 0.3) is 5.56 Å². The van der Waals surface area contributed by atoms with Gasteiger partial charge in [0.05, 0.1) is 0 Å². The Kier molecular flexibility index (Phi) is 3.93. The number of halogens is 1. The Bertz CT molecular complexity index is 495. The van der Waals surface area contributed by atoms with E-state index in [1.807, 2.05) is 33.8 Å². The van der Waals surface area contributed by atoms with E-state index in [2.05, 4.69) is 20.9 Å². The molecular formula is C12H15BrN2O. The third kappa shape index (κ3) is 2.19. The van der Waals surface area contributed by atoms with Gasteiger partial charge in [-0.1, -0.05) is 27.7 Å². The molecule has 0 saturated heterocycles. The summed E-state index contributed by atoms with van der Waals surface area (Å²) in [5.74, 6) is 0.358. The Labute approximate surface area is 104 Å². The topological polar surface area (TPSA) is 56.6 Å². The van der Waals surface area contributed by atoms with E-state index in [0.29, 0.717) is 0 Å². The van der Waals surface area contributed by atoms with Crippen LogP contribution in [0.25, 0.3) is 0 Å². The van der Waals surface area contributed by atoms with Crippen molar-refractivity contribution in [1.29, 1.82) is 5.26 Å². The van der Waals surface area contributed by atoms with Crippen molar-refractivity contribution in [3.05, 3.63) is 31.6 Å². The first-order valence-corrected chi connectivity index (χ1v) is 6.05. The standard InChI is InChI=1S/C12H15BrN2O/c1-6(2)9-8(5-14)12(16)15-11(7(3)4)10(9)13/h6-7H,1-4H3,(H,15,16). The molecule has 1 N–H and O–H groups in total. The largest absolute Gasteiger partial charge is 0.324 e. The molecular weight excluding hydrogens is 268 g/mol. The maximum Gasteiger partial charge on any atom is 0.266 e. The van der Waals surface area contributed by atoms with Crippen LogP contribution in [0.2, 0.25) is 0 Å². The summed E-state index contributed by atoms with van der Waals surface area (Å²) in [6.07, 6.45) is 0. The molecule has 4 heteroatoms. The smallest absolute Gasteiger partial charge is 0.266 e. The quantitative estimate of drug-likeness (QED) is 0.905. The summed E-state index contributed by atoms with van der Waals surface area (Å²) >= 11 is 3.49. The van der Waals surface area contributed by atoms with Crippen LogP contribution in [0.1, 0.15) is 56.4 Å². The normalized spacial score (nSPS) is 10.9. The highest BCUT2D eigenvalue weighted by atomic mass is 79.9. The lowest BCUT2D eigenvalue weighted by Gasteiger charge is -2.15. The molecule has 3 nitrogen and oxygen atoms in total. The molecule has 1 aromatic rings. The van der Waals surface area contributed by atoms with E-state index in [1.165, 1.54) is 0 Å². The number of hydrogen-bond acceptors (Lipinski definition) is 2. The van der Waals surface area contributed by atoms with Crippen molar-refractivity contribution in [2.45, 2.75) is 39.5 Å². The van der Waals surface area contributed by atoms with Crippen LogP contribution < -0.4 is 5.56 Å². The van der Waals surface area contributed by atoms with Crippen LogP contribution in [0, 0.1) is 11.3 Å². The number of aromatic amines is 1. The van der Waals surface area contributed by atoms with Crippen molar-refractivity contribution < 1.29 is 0 Å². The van der Waals surface area contributed by atoms with E-state index in [-0.39, 0.29) is 23.0 Å². The molecule has 0 aliphatic rings. The summed E-state index contributed by atoms with van der Waals surface area (Å²) in [5, 5.41) is 9.01. The molecule has 86 valence electrons. The number of pyridine rings is 1. The molecule has 1 rings (SSSR count). The van der Waals surface area contributed by atoms with Crippen LogP contribution >= 0.6 is 15.9 Å². The molecule has 16 heavy (non-hydrogen) atoms. The molecule has 0 aliphatic carbocycles. The van der Waals surface area contributed by atoms with Gasteiger partial charge in [0.2, 0.25) is 0 Å². The summed E-state index contributed by atoms with van der Waals surface area (Å²) in [7, 11) is 0. The number of hydrogen-bond donors (Lipinski definition) is 1. The Morgan fingerprint density at radius 3 is 2.19 bits per heavy atom. The molecule has 0 fully saturated rings. The lowest BCUT2D eigenvalue weighted by Crippen LogP contribution is -2.18. The van der Waals surface area contributed by atoms with Crippen molar-refractivity contribution in [3.63, 3.8) is 0 Å². The number of nitriles is 1. The molecule has 0 bridgehead atoms. The van der Waals surface area contributed by atoms with E-state index in [0.717, 1.165) is 15.7 Å². The molecule has 1 aromatic heterocycles. The van der Waals surface area contributed by atoms with Crippen LogP contribution in [0.15, 0.2) is 9.27 Å². The van der Waals surface area contributed by atoms with Crippen molar-refractivity contribution in [3.8, 4) is 6.07 Å². The highest BCUT2D eigenvalue weighted by molar-refractivity contribution is 9.10. The maximum absolute atomic E-state index is 11.8. The van der Waals surface area contributed by atoms with Crippen molar-refractivity contribution in [2.24, 2.45) is 0 Å². The van der Waals surface area contributed by atoms with Gasteiger partial charge < -0.3 is 4.98 Å². The zero-order valence-corrected chi connectivity index (χ0v) is 11.5. The second-order valence-corrected chi connectivity index (χ2v) is 5.18. The first kappa shape index (κ1) is 13.0. The molecule has 0 radical (unpaired) electrons. The third-order valence-corrected chi connectivity index (χ3v) is 3.34. The molecule has 0 unspecified atom stereocenters. The molecule has 0 amide bonds. The van der Waals surface area contributed by atoms with Crippen molar-refractivity contribution >= 4 is 15.9 Å². The van der Waals surface area contributed by atoms with Crippen LogP contribution in [0.3, 0.4) is 0 Å². The average Bonchev–Trinajstić information content (AvgIpc) is 2.19. The van der Waals surface area contributed by atoms with Crippen LogP contribution in [-0.2, 0) is 0 Å². The third-order valence-electron chi connectivity index (χ3n) is 2.48. The van der Waals surface area contributed by atoms with E-state index in [4.69, 9.17) is 5.26 Å². The van der Waals surface area contributed by atoms with E-state index in [9.17, 15) is 4.79 Å². The predicted octanol–water partition coefficient (Wildman–Crippen LogP) is 3.26. The Balaban J connectivity index is 3.68. The van der Waals surface area contributed by atoms with Crippen molar-refractivity contribution in [2.75, 3.05) is 0 Å². The lowest BCUT2D eigenvalue weighted by atomic mass is 9.96. The minimum absolute atomic E-state index is 0.142. The summed E-state index contributed by atoms with van der Waals surface area (Å²) < 4.78 is 0.855. The second-order valence-electron chi connectivity index (χ2n) is 4.39. The fourth-order valence-corrected chi connectivity index (χ4v) is 2.88. The fourth-order valence-electron chi connectivity index (χ4n) is 1.67. The highest BCUT2D eigenvalue weighted by Gasteiger charge is 2.19. The van der Waals surface area contributed by atoms with Gasteiger partial charge in [-0.25, -0.2) is 0 Å². The summed E-state index contributed by atoms with van der Waals surface area (Å²) in [6, 6.07) is 1.98. The average molecular weight is 283 g/mol. The number of nitrogens with one attached hydrogen (secondary N) is 1. The van der Waals surface area contributed by atoms with E-state index in [1.54, 1.807) is 0 Å². The summed E-state index contributed by atoms with van der Waals surface area (Å²) in [5.41, 5.74) is 1.58. The van der Waals surface area contributed by atoms with Gasteiger partial charge >= 0.3 is 0 Å². The molecule has 0 atom stereocenters. The van der Waals surface area contributed by atoms with Crippen molar-refractivity contribution in [1.82, 2.24) is 4.98 Å². The molecule has 0 aliphatic heterocycles. The van der Waals surface area contributed by atoms with Gasteiger partial charge in [0.1, 0.15) is 11.6 Å². The Hall–Kier alpha value is -1.08. The number of nitrogens with zero attached hydrogens (tertiary/aromatic N) is 1. The molecule has 0 aromatic carbocycles. The highest BCUT2D eigenvalue weighted by Crippen LogP contribution is 2.31. The lowest BCUT2D eigenvalue weighted by molar-refractivity contribution is 0.778. The van der Waals surface area contributed by atoms with Gasteiger partial charge in [-0.2, -0.15) is 5.26 Å². The van der Waals surface area contributed by atoms with E-state index >= 15 is 0 Å². The maximum atomic E-state index is 11.8. The number of aromatic nitrogens is 1. The zero-order valence-electron chi connectivity index (χ0n) is 9.89. The van der Waals surface area contributed by atoms with Gasteiger partial charge in [-0.05, 0) is 33.3 Å². The second kappa shape index (κ2) is 4.84. The van der Waals surface area contributed by atoms with Gasteiger partial charge in [-0.3, -0.25) is 4.79 Å².